The molecule has 1 aliphatic rings. The van der Waals surface area contributed by atoms with E-state index in [2.05, 4.69) is 33.1 Å². The lowest BCUT2D eigenvalue weighted by Gasteiger charge is -2.31. The van der Waals surface area contributed by atoms with Crippen molar-refractivity contribution in [3.63, 3.8) is 0 Å². The van der Waals surface area contributed by atoms with Crippen LogP contribution in [-0.2, 0) is 13.6 Å². The smallest absolute Gasteiger partial charge is 0.317 e. The molecular weight excluding hydrogens is 354 g/mol. The van der Waals surface area contributed by atoms with Gasteiger partial charge in [-0.2, -0.15) is 0 Å². The second-order valence-electron chi connectivity index (χ2n) is 7.31. The van der Waals surface area contributed by atoms with Crippen molar-refractivity contribution in [2.75, 3.05) is 19.6 Å². The molecule has 0 saturated carbocycles. The average Bonchev–Trinajstić information content (AvgIpc) is 3.34. The summed E-state index contributed by atoms with van der Waals surface area (Å²) in [6, 6.07) is 10.2. The second kappa shape index (κ2) is 7.88. The van der Waals surface area contributed by atoms with Crippen molar-refractivity contribution in [3.8, 4) is 0 Å². The van der Waals surface area contributed by atoms with Gasteiger partial charge in [-0.25, -0.2) is 9.78 Å². The van der Waals surface area contributed by atoms with Crippen LogP contribution in [0.5, 0.6) is 0 Å². The Bertz CT molecular complexity index is 990. The average molecular weight is 379 g/mol. The number of aryl methyl sites for hydroxylation is 1. The number of ketones is 1. The van der Waals surface area contributed by atoms with Crippen molar-refractivity contribution >= 4 is 22.7 Å². The molecule has 0 unspecified atom stereocenters. The van der Waals surface area contributed by atoms with Crippen LogP contribution < -0.4 is 5.32 Å². The first-order valence-corrected chi connectivity index (χ1v) is 9.71. The van der Waals surface area contributed by atoms with Crippen LogP contribution in [0, 0.1) is 5.92 Å². The third-order valence-corrected chi connectivity index (χ3v) is 5.43. The standard InChI is InChI=1S/C21H25N5O2/c1-24-13-9-22-20(24)19(27)17-6-4-11-26(15-17)21(28)23-10-14-25-12-8-16-5-2-3-7-18(16)25/h2-3,5,7-9,12-13,17H,4,6,10-11,14-15H2,1H3,(H,23,28)/t17-/m0/s1. The number of imidazole rings is 1. The summed E-state index contributed by atoms with van der Waals surface area (Å²) < 4.78 is 3.88. The number of carbonyl (C=O) groups excluding carboxylic acids is 2. The summed E-state index contributed by atoms with van der Waals surface area (Å²) in [6.07, 6.45) is 7.07. The zero-order valence-electron chi connectivity index (χ0n) is 16.0. The normalized spacial score (nSPS) is 17.0. The number of rotatable bonds is 5. The number of fused-ring (bicyclic) bond motifs is 1. The van der Waals surface area contributed by atoms with Gasteiger partial charge < -0.3 is 19.4 Å². The van der Waals surface area contributed by atoms with E-state index in [0.717, 1.165) is 18.4 Å². The number of Topliss-reactive ketones (excluding diaryl/α,β-unsaturated/α-hetero) is 1. The fraction of sp³-hybridized carbons (Fsp3) is 0.381. The van der Waals surface area contributed by atoms with Gasteiger partial charge in [0.15, 0.2) is 5.82 Å². The third-order valence-electron chi connectivity index (χ3n) is 5.43. The van der Waals surface area contributed by atoms with E-state index < -0.39 is 0 Å². The van der Waals surface area contributed by atoms with E-state index in [1.807, 2.05) is 25.4 Å². The lowest BCUT2D eigenvalue weighted by atomic mass is 9.93. The van der Waals surface area contributed by atoms with Crippen LogP contribution in [0.3, 0.4) is 0 Å². The molecular formula is C21H25N5O2. The number of hydrogen-bond donors (Lipinski definition) is 1. The minimum absolute atomic E-state index is 0.0174. The van der Waals surface area contributed by atoms with Crippen LogP contribution in [0.25, 0.3) is 10.9 Å². The molecule has 1 aliphatic heterocycles. The molecule has 3 aromatic rings. The van der Waals surface area contributed by atoms with Gasteiger partial charge in [0.2, 0.25) is 5.78 Å². The van der Waals surface area contributed by atoms with Crippen molar-refractivity contribution < 1.29 is 9.59 Å². The summed E-state index contributed by atoms with van der Waals surface area (Å²) >= 11 is 0. The summed E-state index contributed by atoms with van der Waals surface area (Å²) in [5.74, 6) is 0.296. The van der Waals surface area contributed by atoms with Gasteiger partial charge in [0.05, 0.1) is 0 Å². The van der Waals surface area contributed by atoms with E-state index in [1.54, 1.807) is 21.9 Å². The number of nitrogens with one attached hydrogen (secondary N) is 1. The maximum atomic E-state index is 12.7. The molecule has 2 aromatic heterocycles. The SMILES string of the molecule is Cn1ccnc1C(=O)[C@H]1CCCN(C(=O)NCCn2ccc3ccccc32)C1. The summed E-state index contributed by atoms with van der Waals surface area (Å²) in [5.41, 5.74) is 1.16. The zero-order valence-corrected chi connectivity index (χ0v) is 16.0. The molecule has 0 bridgehead atoms. The van der Waals surface area contributed by atoms with Crippen molar-refractivity contribution in [2.24, 2.45) is 13.0 Å². The van der Waals surface area contributed by atoms with Gasteiger partial charge in [-0.3, -0.25) is 4.79 Å². The predicted molar refractivity (Wildman–Crippen MR) is 107 cm³/mol. The van der Waals surface area contributed by atoms with Crippen LogP contribution in [-0.4, -0.2) is 50.5 Å². The number of aromatic nitrogens is 3. The molecule has 0 radical (unpaired) electrons. The second-order valence-corrected chi connectivity index (χ2v) is 7.31. The largest absolute Gasteiger partial charge is 0.346 e. The minimum atomic E-state index is -0.186. The van der Waals surface area contributed by atoms with Gasteiger partial charge in [-0.15, -0.1) is 0 Å². The topological polar surface area (TPSA) is 72.2 Å². The van der Waals surface area contributed by atoms with Gasteiger partial charge in [0.25, 0.3) is 0 Å². The Morgan fingerprint density at radius 2 is 2.07 bits per heavy atom. The first-order chi connectivity index (χ1) is 13.6. The molecule has 7 nitrogen and oxygen atoms in total. The zero-order chi connectivity index (χ0) is 19.5. The minimum Gasteiger partial charge on any atom is -0.346 e. The first-order valence-electron chi connectivity index (χ1n) is 9.71. The number of benzene rings is 1. The molecule has 3 heterocycles. The highest BCUT2D eigenvalue weighted by molar-refractivity contribution is 5.95. The predicted octanol–water partition coefficient (Wildman–Crippen LogP) is 2.68. The van der Waals surface area contributed by atoms with E-state index >= 15 is 0 Å². The molecule has 0 spiro atoms. The van der Waals surface area contributed by atoms with Crippen LogP contribution in [0.15, 0.2) is 48.9 Å². The monoisotopic (exact) mass is 379 g/mol. The van der Waals surface area contributed by atoms with Crippen molar-refractivity contribution in [1.29, 1.82) is 0 Å². The number of urea groups is 1. The molecule has 1 saturated heterocycles. The molecule has 7 heteroatoms. The Balaban J connectivity index is 1.32. The van der Waals surface area contributed by atoms with E-state index in [4.69, 9.17) is 0 Å². The van der Waals surface area contributed by atoms with E-state index in [9.17, 15) is 9.59 Å². The molecule has 0 aliphatic carbocycles. The third kappa shape index (κ3) is 3.65. The molecule has 4 rings (SSSR count). The molecule has 1 aromatic carbocycles. The molecule has 2 amide bonds. The number of likely N-dealkylation sites (tertiary alicyclic amines) is 1. The Labute approximate surface area is 164 Å². The maximum absolute atomic E-state index is 12.7. The molecule has 28 heavy (non-hydrogen) atoms. The highest BCUT2D eigenvalue weighted by Gasteiger charge is 2.30. The maximum Gasteiger partial charge on any atom is 0.317 e. The van der Waals surface area contributed by atoms with Gasteiger partial charge in [-0.05, 0) is 30.4 Å². The summed E-state index contributed by atoms with van der Waals surface area (Å²) in [6.45, 7) is 2.39. The Morgan fingerprint density at radius 3 is 2.89 bits per heavy atom. The highest BCUT2D eigenvalue weighted by Crippen LogP contribution is 2.20. The van der Waals surface area contributed by atoms with E-state index in [1.165, 1.54) is 5.39 Å². The van der Waals surface area contributed by atoms with Crippen LogP contribution in [0.1, 0.15) is 23.5 Å². The van der Waals surface area contributed by atoms with Gasteiger partial charge in [0, 0.05) is 63.3 Å². The van der Waals surface area contributed by atoms with Crippen LogP contribution in [0.4, 0.5) is 4.79 Å². The number of hydrogen-bond acceptors (Lipinski definition) is 3. The number of piperidine rings is 1. The summed E-state index contributed by atoms with van der Waals surface area (Å²) in [7, 11) is 1.82. The quantitative estimate of drug-likeness (QED) is 0.693. The van der Waals surface area contributed by atoms with Crippen molar-refractivity contribution in [3.05, 3.63) is 54.7 Å². The van der Waals surface area contributed by atoms with Gasteiger partial charge >= 0.3 is 6.03 Å². The molecule has 1 N–H and O–H groups in total. The lowest BCUT2D eigenvalue weighted by molar-refractivity contribution is 0.0831. The first kappa shape index (κ1) is 18.3. The Morgan fingerprint density at radius 1 is 1.21 bits per heavy atom. The summed E-state index contributed by atoms with van der Waals surface area (Å²) in [4.78, 5) is 31.2. The number of para-hydroxylation sites is 1. The highest BCUT2D eigenvalue weighted by atomic mass is 16.2. The lowest BCUT2D eigenvalue weighted by Crippen LogP contribution is -2.47. The van der Waals surface area contributed by atoms with Gasteiger partial charge in [0.1, 0.15) is 0 Å². The molecule has 1 fully saturated rings. The molecule has 146 valence electrons. The van der Waals surface area contributed by atoms with Crippen LogP contribution in [0.2, 0.25) is 0 Å². The fourth-order valence-electron chi connectivity index (χ4n) is 3.89. The number of amides is 2. The Kier molecular flexibility index (Phi) is 5.14. The summed E-state index contributed by atoms with van der Waals surface area (Å²) in [5, 5.41) is 4.19. The molecule has 1 atom stereocenters. The van der Waals surface area contributed by atoms with Crippen LogP contribution >= 0.6 is 0 Å². The van der Waals surface area contributed by atoms with E-state index in [0.29, 0.717) is 32.0 Å². The fourth-order valence-corrected chi connectivity index (χ4v) is 3.89. The van der Waals surface area contributed by atoms with Gasteiger partial charge in [-0.1, -0.05) is 18.2 Å². The van der Waals surface area contributed by atoms with E-state index in [-0.39, 0.29) is 17.7 Å². The van der Waals surface area contributed by atoms with Crippen molar-refractivity contribution in [1.82, 2.24) is 24.3 Å². The van der Waals surface area contributed by atoms with Crippen molar-refractivity contribution in [2.45, 2.75) is 19.4 Å². The number of nitrogens with zero attached hydrogens (tertiary/aromatic N) is 4. The Hall–Kier alpha value is -3.09. The number of carbonyl (C=O) groups is 2.